The number of ether oxygens (including phenoxy) is 1. The Labute approximate surface area is 203 Å². The lowest BCUT2D eigenvalue weighted by Gasteiger charge is -2.33. The molecule has 1 saturated heterocycles. The highest BCUT2D eigenvalue weighted by Gasteiger charge is 2.39. The van der Waals surface area contributed by atoms with Gasteiger partial charge < -0.3 is 19.9 Å². The standard InChI is InChI=1S/C24H27N5O5S/c1-34-13-5-11-28-19-10-9-18(16-6-4-7-17(22(16)19)24(28)31)27-23(30)20-8-2-3-12-29(20)35(32,33)21-14-25-15-26-21/h4,6-7,9-10,14-15,20H,2-3,5,8,11-13H2,1H3,(H,25,26)(H,27,30). The number of amides is 2. The molecule has 0 saturated carbocycles. The molecule has 0 radical (unpaired) electrons. The molecule has 184 valence electrons. The van der Waals surface area contributed by atoms with Crippen molar-refractivity contribution in [3.63, 3.8) is 0 Å². The molecule has 11 heteroatoms. The Morgan fingerprint density at radius 1 is 1.26 bits per heavy atom. The van der Waals surface area contributed by atoms with Crippen molar-refractivity contribution < 1.29 is 22.7 Å². The molecule has 1 aromatic heterocycles. The van der Waals surface area contributed by atoms with E-state index in [9.17, 15) is 18.0 Å². The molecule has 2 aromatic carbocycles. The van der Waals surface area contributed by atoms with Crippen molar-refractivity contribution in [1.29, 1.82) is 0 Å². The highest BCUT2D eigenvalue weighted by atomic mass is 32.2. The summed E-state index contributed by atoms with van der Waals surface area (Å²) in [4.78, 5) is 34.6. The number of nitrogens with one attached hydrogen (secondary N) is 2. The lowest BCUT2D eigenvalue weighted by Crippen LogP contribution is -2.49. The van der Waals surface area contributed by atoms with E-state index in [0.717, 1.165) is 22.9 Å². The van der Waals surface area contributed by atoms with Crippen molar-refractivity contribution in [2.45, 2.75) is 36.8 Å². The fraction of sp³-hybridized carbons (Fsp3) is 0.375. The van der Waals surface area contributed by atoms with E-state index in [1.165, 1.54) is 16.8 Å². The third-order valence-electron chi connectivity index (χ3n) is 6.59. The number of hydrogen-bond acceptors (Lipinski definition) is 6. The van der Waals surface area contributed by atoms with Gasteiger partial charge in [0.2, 0.25) is 5.91 Å². The number of aromatic amines is 1. The van der Waals surface area contributed by atoms with Crippen LogP contribution >= 0.6 is 0 Å². The van der Waals surface area contributed by atoms with Gasteiger partial charge in [0.05, 0.1) is 18.2 Å². The number of imidazole rings is 1. The third-order valence-corrected chi connectivity index (χ3v) is 8.42. The predicted molar refractivity (Wildman–Crippen MR) is 131 cm³/mol. The zero-order chi connectivity index (χ0) is 24.6. The van der Waals surface area contributed by atoms with Gasteiger partial charge in [-0.15, -0.1) is 0 Å². The Balaban J connectivity index is 1.44. The van der Waals surface area contributed by atoms with Gasteiger partial charge in [0, 0.05) is 48.8 Å². The minimum absolute atomic E-state index is 0.0328. The summed E-state index contributed by atoms with van der Waals surface area (Å²) in [7, 11) is -2.26. The highest BCUT2D eigenvalue weighted by molar-refractivity contribution is 7.89. The molecule has 0 aliphatic carbocycles. The van der Waals surface area contributed by atoms with E-state index in [1.54, 1.807) is 30.2 Å². The minimum atomic E-state index is -3.88. The molecule has 2 aliphatic heterocycles. The number of carbonyl (C=O) groups is 2. The van der Waals surface area contributed by atoms with Crippen LogP contribution in [0.2, 0.25) is 0 Å². The number of hydrogen-bond donors (Lipinski definition) is 2. The first kappa shape index (κ1) is 23.5. The topological polar surface area (TPSA) is 125 Å². The number of H-pyrrole nitrogens is 1. The molecule has 0 spiro atoms. The Kier molecular flexibility index (Phi) is 6.30. The van der Waals surface area contributed by atoms with Gasteiger partial charge >= 0.3 is 0 Å². The van der Waals surface area contributed by atoms with Gasteiger partial charge in [0.1, 0.15) is 6.04 Å². The van der Waals surface area contributed by atoms with Crippen LogP contribution < -0.4 is 10.2 Å². The Morgan fingerprint density at radius 3 is 2.89 bits per heavy atom. The van der Waals surface area contributed by atoms with Gasteiger partial charge in [-0.2, -0.15) is 4.31 Å². The van der Waals surface area contributed by atoms with E-state index < -0.39 is 22.0 Å². The van der Waals surface area contributed by atoms with Gasteiger partial charge in [0.15, 0.2) is 5.03 Å². The molecule has 0 bridgehead atoms. The molecular weight excluding hydrogens is 470 g/mol. The summed E-state index contributed by atoms with van der Waals surface area (Å²) in [5.74, 6) is -0.468. The van der Waals surface area contributed by atoms with Crippen LogP contribution in [0.25, 0.3) is 10.8 Å². The second kappa shape index (κ2) is 9.40. The normalized spacial score (nSPS) is 18.4. The Bertz CT molecular complexity index is 1370. The zero-order valence-electron chi connectivity index (χ0n) is 19.4. The molecule has 5 rings (SSSR count). The van der Waals surface area contributed by atoms with Crippen molar-refractivity contribution in [2.75, 3.05) is 37.0 Å². The molecule has 1 fully saturated rings. The smallest absolute Gasteiger partial charge is 0.260 e. The van der Waals surface area contributed by atoms with E-state index in [1.807, 2.05) is 12.1 Å². The van der Waals surface area contributed by atoms with Gasteiger partial charge in [0.25, 0.3) is 15.9 Å². The van der Waals surface area contributed by atoms with Crippen molar-refractivity contribution in [1.82, 2.24) is 14.3 Å². The molecular formula is C24H27N5O5S. The maximum absolute atomic E-state index is 13.4. The van der Waals surface area contributed by atoms with E-state index in [-0.39, 0.29) is 17.5 Å². The number of benzene rings is 2. The van der Waals surface area contributed by atoms with Crippen LogP contribution in [0.15, 0.2) is 47.9 Å². The van der Waals surface area contributed by atoms with E-state index in [2.05, 4.69) is 15.3 Å². The number of anilines is 2. The summed E-state index contributed by atoms with van der Waals surface area (Å²) in [6, 6.07) is 8.22. The van der Waals surface area contributed by atoms with Crippen molar-refractivity contribution >= 4 is 44.0 Å². The zero-order valence-corrected chi connectivity index (χ0v) is 20.2. The first-order chi connectivity index (χ1) is 16.9. The number of rotatable bonds is 8. The second-order valence-electron chi connectivity index (χ2n) is 8.70. The molecule has 35 heavy (non-hydrogen) atoms. The van der Waals surface area contributed by atoms with Gasteiger partial charge in [-0.1, -0.05) is 18.6 Å². The summed E-state index contributed by atoms with van der Waals surface area (Å²) in [5, 5.41) is 4.45. The summed E-state index contributed by atoms with van der Waals surface area (Å²) in [6.45, 7) is 1.34. The minimum Gasteiger partial charge on any atom is -0.385 e. The summed E-state index contributed by atoms with van der Waals surface area (Å²) in [6.07, 6.45) is 5.11. The van der Waals surface area contributed by atoms with Crippen molar-refractivity contribution in [3.05, 3.63) is 48.4 Å². The number of methoxy groups -OCH3 is 1. The number of aromatic nitrogens is 2. The second-order valence-corrected chi connectivity index (χ2v) is 10.6. The van der Waals surface area contributed by atoms with E-state index >= 15 is 0 Å². The van der Waals surface area contributed by atoms with Crippen LogP contribution in [0, 0.1) is 0 Å². The molecule has 3 aromatic rings. The van der Waals surface area contributed by atoms with E-state index in [0.29, 0.717) is 43.7 Å². The molecule has 1 atom stereocenters. The average Bonchev–Trinajstić information content (AvgIpc) is 3.51. The number of carbonyl (C=O) groups excluding carboxylic acids is 2. The maximum Gasteiger partial charge on any atom is 0.260 e. The van der Waals surface area contributed by atoms with Crippen LogP contribution in [0.1, 0.15) is 36.0 Å². The van der Waals surface area contributed by atoms with Crippen molar-refractivity contribution in [3.8, 4) is 0 Å². The fourth-order valence-corrected chi connectivity index (χ4v) is 6.48. The third kappa shape index (κ3) is 4.09. The lowest BCUT2D eigenvalue weighted by molar-refractivity contribution is -0.120. The molecule has 1 unspecified atom stereocenters. The molecule has 3 heterocycles. The van der Waals surface area contributed by atoms with Crippen LogP contribution in [0.4, 0.5) is 11.4 Å². The first-order valence-corrected chi connectivity index (χ1v) is 13.0. The molecule has 10 nitrogen and oxygen atoms in total. The Hall–Kier alpha value is -3.28. The van der Waals surface area contributed by atoms with E-state index in [4.69, 9.17) is 4.74 Å². The number of nitrogens with zero attached hydrogens (tertiary/aromatic N) is 3. The molecule has 2 N–H and O–H groups in total. The van der Waals surface area contributed by atoms with Crippen LogP contribution in [-0.2, 0) is 19.6 Å². The van der Waals surface area contributed by atoms with Crippen LogP contribution in [0.3, 0.4) is 0 Å². The lowest BCUT2D eigenvalue weighted by atomic mass is 10.0. The van der Waals surface area contributed by atoms with Gasteiger partial charge in [-0.3, -0.25) is 9.59 Å². The Morgan fingerprint density at radius 2 is 2.11 bits per heavy atom. The van der Waals surface area contributed by atoms with Crippen LogP contribution in [-0.4, -0.2) is 67.4 Å². The summed E-state index contributed by atoms with van der Waals surface area (Å²) in [5.41, 5.74) is 1.94. The fourth-order valence-electron chi connectivity index (χ4n) is 4.93. The number of sulfonamides is 1. The highest BCUT2D eigenvalue weighted by Crippen LogP contribution is 2.41. The van der Waals surface area contributed by atoms with Gasteiger partial charge in [-0.05, 0) is 37.5 Å². The maximum atomic E-state index is 13.4. The SMILES string of the molecule is COCCCN1C(=O)c2cccc3c(NC(=O)C4CCCCN4S(=O)(=O)c4cnc[nH]4)ccc1c23. The first-order valence-electron chi connectivity index (χ1n) is 11.6. The molecule has 2 amide bonds. The largest absolute Gasteiger partial charge is 0.385 e. The number of piperidine rings is 1. The van der Waals surface area contributed by atoms with Crippen molar-refractivity contribution in [2.24, 2.45) is 0 Å². The van der Waals surface area contributed by atoms with Gasteiger partial charge in [-0.25, -0.2) is 13.4 Å². The average molecular weight is 498 g/mol. The molecule has 2 aliphatic rings. The monoisotopic (exact) mass is 497 g/mol. The summed E-state index contributed by atoms with van der Waals surface area (Å²) < 4.78 is 32.6. The van der Waals surface area contributed by atoms with Crippen LogP contribution in [0.5, 0.6) is 0 Å². The quantitative estimate of drug-likeness (QED) is 0.461. The predicted octanol–water partition coefficient (Wildman–Crippen LogP) is 2.74. The summed E-state index contributed by atoms with van der Waals surface area (Å²) >= 11 is 0.